The predicted octanol–water partition coefficient (Wildman–Crippen LogP) is 6.05. The van der Waals surface area contributed by atoms with Gasteiger partial charge >= 0.3 is 12.1 Å². The highest BCUT2D eigenvalue weighted by molar-refractivity contribution is 5.68. The zero-order valence-electron chi connectivity index (χ0n) is 18.3. The predicted molar refractivity (Wildman–Crippen MR) is 113 cm³/mol. The molecule has 0 aliphatic heterocycles. The smallest absolute Gasteiger partial charge is 0.410 e. The Kier molecular flexibility index (Phi) is 11.5. The van der Waals surface area contributed by atoms with Crippen molar-refractivity contribution in [3.8, 4) is 0 Å². The van der Waals surface area contributed by atoms with Crippen molar-refractivity contribution in [2.24, 2.45) is 5.11 Å². The maximum Gasteiger partial charge on any atom is 0.410 e. The Hall–Kier alpha value is -1.95. The normalized spacial score (nSPS) is 19.3. The molecular formula is C21H38N4O4. The molecule has 1 rings (SSSR count). The molecule has 1 fully saturated rings. The molecule has 0 heterocycles. The summed E-state index contributed by atoms with van der Waals surface area (Å²) in [5.41, 5.74) is 8.10. The maximum atomic E-state index is 12.7. The van der Waals surface area contributed by atoms with Crippen molar-refractivity contribution in [2.45, 2.75) is 116 Å². The highest BCUT2D eigenvalue weighted by atomic mass is 16.6. The van der Waals surface area contributed by atoms with Crippen molar-refractivity contribution in [2.75, 3.05) is 6.54 Å². The molecule has 1 N–H and O–H groups in total. The van der Waals surface area contributed by atoms with E-state index in [1.165, 1.54) is 0 Å². The summed E-state index contributed by atoms with van der Waals surface area (Å²) < 4.78 is 5.63. The Morgan fingerprint density at radius 1 is 1.03 bits per heavy atom. The first-order chi connectivity index (χ1) is 13.7. The SMILES string of the molecule is CC(C)(C)OC(=O)N(CCCCCCCCCC(=O)O)C1CCC(N=[N+]=[N-])CC1. The van der Waals surface area contributed by atoms with Crippen molar-refractivity contribution in [1.29, 1.82) is 0 Å². The highest BCUT2D eigenvalue weighted by Crippen LogP contribution is 2.27. The van der Waals surface area contributed by atoms with Gasteiger partial charge in [-0.2, -0.15) is 0 Å². The van der Waals surface area contributed by atoms with Crippen LogP contribution in [-0.4, -0.2) is 46.3 Å². The molecule has 0 saturated heterocycles. The first-order valence-corrected chi connectivity index (χ1v) is 11.0. The van der Waals surface area contributed by atoms with Crippen LogP contribution in [-0.2, 0) is 9.53 Å². The summed E-state index contributed by atoms with van der Waals surface area (Å²) in [6, 6.07) is 0.184. The molecule has 1 amide bonds. The van der Waals surface area contributed by atoms with E-state index in [1.54, 1.807) is 0 Å². The first-order valence-electron chi connectivity index (χ1n) is 11.0. The summed E-state index contributed by atoms with van der Waals surface area (Å²) in [5, 5.41) is 12.5. The molecule has 0 bridgehead atoms. The van der Waals surface area contributed by atoms with E-state index < -0.39 is 11.6 Å². The lowest BCUT2D eigenvalue weighted by atomic mass is 9.90. The average Bonchev–Trinajstić information content (AvgIpc) is 2.63. The minimum Gasteiger partial charge on any atom is -0.481 e. The fraction of sp³-hybridized carbons (Fsp3) is 0.905. The van der Waals surface area contributed by atoms with E-state index in [4.69, 9.17) is 15.4 Å². The van der Waals surface area contributed by atoms with E-state index >= 15 is 0 Å². The molecular weight excluding hydrogens is 372 g/mol. The number of rotatable bonds is 12. The van der Waals surface area contributed by atoms with Gasteiger partial charge in [-0.05, 0) is 64.8 Å². The largest absolute Gasteiger partial charge is 0.481 e. The van der Waals surface area contributed by atoms with Crippen molar-refractivity contribution in [3.63, 3.8) is 0 Å². The van der Waals surface area contributed by atoms with Crippen LogP contribution in [0, 0.1) is 0 Å². The lowest BCUT2D eigenvalue weighted by Gasteiger charge is -2.37. The lowest BCUT2D eigenvalue weighted by molar-refractivity contribution is -0.137. The van der Waals surface area contributed by atoms with Gasteiger partial charge in [0.05, 0.1) is 0 Å². The molecule has 1 saturated carbocycles. The summed E-state index contributed by atoms with van der Waals surface area (Å²) in [6.45, 7) is 6.33. The highest BCUT2D eigenvalue weighted by Gasteiger charge is 2.31. The van der Waals surface area contributed by atoms with E-state index in [1.807, 2.05) is 25.7 Å². The van der Waals surface area contributed by atoms with E-state index in [2.05, 4.69) is 10.0 Å². The topological polar surface area (TPSA) is 116 Å². The van der Waals surface area contributed by atoms with Crippen LogP contribution >= 0.6 is 0 Å². The number of aliphatic carboxylic acids is 1. The molecule has 166 valence electrons. The Balaban J connectivity index is 2.40. The molecule has 8 heteroatoms. The van der Waals surface area contributed by atoms with Crippen molar-refractivity contribution < 1.29 is 19.4 Å². The zero-order valence-corrected chi connectivity index (χ0v) is 18.3. The molecule has 8 nitrogen and oxygen atoms in total. The third kappa shape index (κ3) is 11.6. The van der Waals surface area contributed by atoms with Gasteiger partial charge in [-0.15, -0.1) is 0 Å². The number of nitrogens with zero attached hydrogens (tertiary/aromatic N) is 4. The Bertz CT molecular complexity index is 547. The van der Waals surface area contributed by atoms with Crippen molar-refractivity contribution in [3.05, 3.63) is 10.4 Å². The second-order valence-electron chi connectivity index (χ2n) is 8.96. The van der Waals surface area contributed by atoms with Crippen LogP contribution in [0.2, 0.25) is 0 Å². The van der Waals surface area contributed by atoms with Crippen LogP contribution < -0.4 is 0 Å². The molecule has 1 aliphatic carbocycles. The summed E-state index contributed by atoms with van der Waals surface area (Å²) in [4.78, 5) is 28.0. The van der Waals surface area contributed by atoms with Gasteiger partial charge in [-0.1, -0.05) is 37.2 Å². The van der Waals surface area contributed by atoms with Gasteiger partial charge in [0, 0.05) is 30.0 Å². The molecule has 0 spiro atoms. The number of carbonyl (C=O) groups is 2. The molecule has 0 aromatic heterocycles. The zero-order chi connectivity index (χ0) is 21.7. The van der Waals surface area contributed by atoms with Gasteiger partial charge in [-0.25, -0.2) is 4.79 Å². The summed E-state index contributed by atoms with van der Waals surface area (Å²) >= 11 is 0. The van der Waals surface area contributed by atoms with E-state index in [0.717, 1.165) is 70.6 Å². The minimum absolute atomic E-state index is 0.0397. The fourth-order valence-corrected chi connectivity index (χ4v) is 3.74. The van der Waals surface area contributed by atoms with Gasteiger partial charge in [0.2, 0.25) is 0 Å². The van der Waals surface area contributed by atoms with Crippen LogP contribution in [0.15, 0.2) is 5.11 Å². The van der Waals surface area contributed by atoms with Gasteiger partial charge < -0.3 is 14.7 Å². The van der Waals surface area contributed by atoms with Crippen LogP contribution in [0.3, 0.4) is 0 Å². The second-order valence-corrected chi connectivity index (χ2v) is 8.96. The third-order valence-electron chi connectivity index (χ3n) is 5.24. The number of amides is 1. The Morgan fingerprint density at radius 3 is 2.10 bits per heavy atom. The third-order valence-corrected chi connectivity index (χ3v) is 5.24. The van der Waals surface area contributed by atoms with Crippen LogP contribution in [0.4, 0.5) is 4.79 Å². The van der Waals surface area contributed by atoms with Gasteiger partial charge in [0.25, 0.3) is 0 Å². The standard InChI is InChI=1S/C21H38N4O4/c1-21(2,3)29-20(28)25(18-14-12-17(13-15-18)23-24-22)16-10-8-6-4-5-7-9-11-19(26)27/h17-18H,4-16H2,1-3H3,(H,26,27). The molecule has 1 aliphatic rings. The number of carboxylic acid groups (broad SMARTS) is 1. The summed E-state index contributed by atoms with van der Waals surface area (Å²) in [6.07, 6.45) is 10.3. The van der Waals surface area contributed by atoms with Crippen molar-refractivity contribution in [1.82, 2.24) is 4.90 Å². The lowest BCUT2D eigenvalue weighted by Crippen LogP contribution is -2.45. The Labute approximate surface area is 174 Å². The monoisotopic (exact) mass is 410 g/mol. The van der Waals surface area contributed by atoms with Gasteiger partial charge in [0.1, 0.15) is 5.60 Å². The number of ether oxygens (including phenoxy) is 1. The summed E-state index contributed by atoms with van der Waals surface area (Å²) in [5.74, 6) is -0.722. The van der Waals surface area contributed by atoms with E-state index in [-0.39, 0.29) is 24.6 Å². The average molecular weight is 411 g/mol. The number of carbonyl (C=O) groups excluding carboxylic acids is 1. The molecule has 0 atom stereocenters. The molecule has 0 aromatic rings. The number of hydrogen-bond donors (Lipinski definition) is 1. The number of azide groups is 1. The number of carboxylic acids is 1. The van der Waals surface area contributed by atoms with Gasteiger partial charge in [0.15, 0.2) is 0 Å². The number of hydrogen-bond acceptors (Lipinski definition) is 4. The van der Waals surface area contributed by atoms with Crippen LogP contribution in [0.25, 0.3) is 10.4 Å². The quantitative estimate of drug-likeness (QED) is 0.182. The minimum atomic E-state index is -0.722. The molecule has 0 radical (unpaired) electrons. The van der Waals surface area contributed by atoms with Crippen molar-refractivity contribution >= 4 is 12.1 Å². The molecule has 0 aromatic carbocycles. The van der Waals surface area contributed by atoms with Gasteiger partial charge in [-0.3, -0.25) is 4.79 Å². The molecule has 29 heavy (non-hydrogen) atoms. The van der Waals surface area contributed by atoms with Crippen LogP contribution in [0.1, 0.15) is 97.8 Å². The summed E-state index contributed by atoms with van der Waals surface area (Å²) in [7, 11) is 0. The molecule has 0 unspecified atom stereocenters. The second kappa shape index (κ2) is 13.3. The van der Waals surface area contributed by atoms with E-state index in [0.29, 0.717) is 6.54 Å². The maximum absolute atomic E-state index is 12.7. The Morgan fingerprint density at radius 2 is 1.59 bits per heavy atom. The first kappa shape index (κ1) is 25.1. The number of unbranched alkanes of at least 4 members (excludes halogenated alkanes) is 6. The van der Waals surface area contributed by atoms with Crippen LogP contribution in [0.5, 0.6) is 0 Å². The van der Waals surface area contributed by atoms with E-state index in [9.17, 15) is 9.59 Å². The fourth-order valence-electron chi connectivity index (χ4n) is 3.74.